The van der Waals surface area contributed by atoms with E-state index in [1.165, 1.54) is 6.92 Å². The van der Waals surface area contributed by atoms with Gasteiger partial charge in [0.25, 0.3) is 0 Å². The molecule has 0 fully saturated rings. The lowest BCUT2D eigenvalue weighted by Crippen LogP contribution is -2.14. The molecular formula is C22H22O8. The Morgan fingerprint density at radius 3 is 1.63 bits per heavy atom. The number of carboxylic acid groups (broad SMARTS) is 3. The lowest BCUT2D eigenvalue weighted by Gasteiger charge is -2.15. The molecule has 3 N–H and O–H groups in total. The average molecular weight is 414 g/mol. The molecule has 158 valence electrons. The van der Waals surface area contributed by atoms with Gasteiger partial charge in [0.2, 0.25) is 0 Å². The van der Waals surface area contributed by atoms with E-state index in [1.807, 2.05) is 0 Å². The minimum atomic E-state index is -1.16. The zero-order chi connectivity index (χ0) is 22.3. The zero-order valence-electron chi connectivity index (χ0n) is 16.4. The molecule has 0 aromatic heterocycles. The highest BCUT2D eigenvalue weighted by molar-refractivity contribution is 5.77. The third-order valence-electron chi connectivity index (χ3n) is 4.39. The van der Waals surface area contributed by atoms with E-state index in [2.05, 4.69) is 0 Å². The van der Waals surface area contributed by atoms with Crippen LogP contribution in [0.3, 0.4) is 0 Å². The molecule has 0 heterocycles. The third kappa shape index (κ3) is 7.05. The first-order valence-corrected chi connectivity index (χ1v) is 9.20. The van der Waals surface area contributed by atoms with Crippen molar-refractivity contribution in [1.29, 1.82) is 0 Å². The van der Waals surface area contributed by atoms with Crippen molar-refractivity contribution in [2.24, 2.45) is 0 Å². The molecule has 8 heteroatoms. The summed E-state index contributed by atoms with van der Waals surface area (Å²) in [5.41, 5.74) is 2.52. The van der Waals surface area contributed by atoms with Crippen molar-refractivity contribution in [3.63, 3.8) is 0 Å². The monoisotopic (exact) mass is 414 g/mol. The van der Waals surface area contributed by atoms with Crippen LogP contribution in [0.15, 0.2) is 36.4 Å². The molecule has 0 aliphatic carbocycles. The molecule has 0 saturated heterocycles. The molecular weight excluding hydrogens is 392 g/mol. The molecule has 0 atom stereocenters. The summed E-state index contributed by atoms with van der Waals surface area (Å²) in [5, 5.41) is 27.5. The van der Waals surface area contributed by atoms with Gasteiger partial charge in [-0.05, 0) is 52.8 Å². The van der Waals surface area contributed by atoms with E-state index in [4.69, 9.17) is 9.84 Å². The lowest BCUT2D eigenvalue weighted by atomic mass is 9.90. The summed E-state index contributed by atoms with van der Waals surface area (Å²) in [7, 11) is 0. The summed E-state index contributed by atoms with van der Waals surface area (Å²) < 4.78 is 4.98. The molecule has 2 rings (SSSR count). The van der Waals surface area contributed by atoms with Crippen molar-refractivity contribution < 1.29 is 39.2 Å². The number of rotatable bonds is 10. The first-order valence-electron chi connectivity index (χ1n) is 9.20. The van der Waals surface area contributed by atoms with Crippen LogP contribution in [0, 0.1) is 0 Å². The van der Waals surface area contributed by atoms with Crippen molar-refractivity contribution in [3.8, 4) is 5.75 Å². The zero-order valence-corrected chi connectivity index (χ0v) is 16.4. The van der Waals surface area contributed by atoms with Gasteiger partial charge in [0, 0.05) is 6.92 Å². The Balaban J connectivity index is 2.29. The molecule has 0 amide bonds. The molecule has 8 nitrogen and oxygen atoms in total. The summed E-state index contributed by atoms with van der Waals surface area (Å²) in [5.74, 6) is -3.39. The van der Waals surface area contributed by atoms with Gasteiger partial charge in [-0.1, -0.05) is 24.3 Å². The van der Waals surface area contributed by atoms with Gasteiger partial charge in [0.1, 0.15) is 5.75 Å². The second-order valence-electron chi connectivity index (χ2n) is 6.84. The Bertz CT molecular complexity index is 923. The fourth-order valence-electron chi connectivity index (χ4n) is 3.21. The fourth-order valence-corrected chi connectivity index (χ4v) is 3.21. The minimum Gasteiger partial charge on any atom is -0.481 e. The third-order valence-corrected chi connectivity index (χ3v) is 4.39. The van der Waals surface area contributed by atoms with Crippen LogP contribution in [0.25, 0.3) is 0 Å². The van der Waals surface area contributed by atoms with Crippen molar-refractivity contribution in [3.05, 3.63) is 64.2 Å². The molecule has 0 unspecified atom stereocenters. The number of hydrogen-bond donors (Lipinski definition) is 3. The molecule has 0 radical (unpaired) electrons. The second-order valence-corrected chi connectivity index (χ2v) is 6.84. The van der Waals surface area contributed by atoms with E-state index in [0.717, 1.165) is 11.1 Å². The normalized spacial score (nSPS) is 10.4. The number of carbonyl (C=O) groups excluding carboxylic acids is 1. The SMILES string of the molecule is CC(=O)Oc1ccc(CCc2cc(CC(=O)O)c(CC(=O)O)c(CC(=O)O)c2)cc1. The topological polar surface area (TPSA) is 138 Å². The van der Waals surface area contributed by atoms with E-state index in [9.17, 15) is 29.4 Å². The predicted octanol–water partition coefficient (Wildman–Crippen LogP) is 2.28. The van der Waals surface area contributed by atoms with Gasteiger partial charge in [-0.2, -0.15) is 0 Å². The summed E-state index contributed by atoms with van der Waals surface area (Å²) in [4.78, 5) is 44.7. The van der Waals surface area contributed by atoms with Crippen LogP contribution in [0.1, 0.15) is 34.7 Å². The summed E-state index contributed by atoms with van der Waals surface area (Å²) in [6, 6.07) is 10.2. The van der Waals surface area contributed by atoms with Crippen molar-refractivity contribution in [2.75, 3.05) is 0 Å². The Morgan fingerprint density at radius 1 is 0.733 bits per heavy atom. The van der Waals surface area contributed by atoms with Crippen LogP contribution in [0.2, 0.25) is 0 Å². The largest absolute Gasteiger partial charge is 0.481 e. The predicted molar refractivity (Wildman–Crippen MR) is 106 cm³/mol. The van der Waals surface area contributed by atoms with Gasteiger partial charge in [-0.25, -0.2) is 0 Å². The Kier molecular flexibility index (Phi) is 7.69. The molecule has 0 bridgehead atoms. The van der Waals surface area contributed by atoms with E-state index < -0.39 is 30.3 Å². The fraction of sp³-hybridized carbons (Fsp3) is 0.273. The maximum atomic E-state index is 11.2. The number of aliphatic carboxylic acids is 3. The maximum absolute atomic E-state index is 11.2. The quantitative estimate of drug-likeness (QED) is 0.398. The van der Waals surface area contributed by atoms with Gasteiger partial charge < -0.3 is 20.1 Å². The van der Waals surface area contributed by atoms with Crippen LogP contribution in [-0.4, -0.2) is 39.2 Å². The highest BCUT2D eigenvalue weighted by Crippen LogP contribution is 2.23. The molecule has 0 saturated carbocycles. The number of hydrogen-bond acceptors (Lipinski definition) is 5. The number of aryl methyl sites for hydroxylation is 2. The molecule has 0 spiro atoms. The molecule has 0 aliphatic rings. The van der Waals surface area contributed by atoms with Crippen LogP contribution in [0.4, 0.5) is 0 Å². The standard InChI is InChI=1S/C22H22O8/c1-13(23)30-18-6-4-14(5-7-18)2-3-15-8-16(10-20(24)25)19(12-22(28)29)17(9-15)11-21(26)27/h4-9H,2-3,10-12H2,1H3,(H,24,25)(H,26,27)(H,28,29). The van der Waals surface area contributed by atoms with E-state index in [-0.39, 0.29) is 18.4 Å². The van der Waals surface area contributed by atoms with Crippen LogP contribution in [0.5, 0.6) is 5.75 Å². The van der Waals surface area contributed by atoms with Gasteiger partial charge in [-0.3, -0.25) is 19.2 Å². The maximum Gasteiger partial charge on any atom is 0.308 e. The van der Waals surface area contributed by atoms with Crippen LogP contribution < -0.4 is 4.74 Å². The van der Waals surface area contributed by atoms with Gasteiger partial charge in [0.05, 0.1) is 19.3 Å². The van der Waals surface area contributed by atoms with Gasteiger partial charge in [-0.15, -0.1) is 0 Å². The molecule has 30 heavy (non-hydrogen) atoms. The number of esters is 1. The first-order chi connectivity index (χ1) is 14.1. The second kappa shape index (κ2) is 10.2. The number of carbonyl (C=O) groups is 4. The summed E-state index contributed by atoms with van der Waals surface area (Å²) in [6.07, 6.45) is -0.138. The lowest BCUT2D eigenvalue weighted by molar-refractivity contribution is -0.137. The average Bonchev–Trinajstić information content (AvgIpc) is 2.62. The summed E-state index contributed by atoms with van der Waals surface area (Å²) >= 11 is 0. The van der Waals surface area contributed by atoms with E-state index in [0.29, 0.717) is 29.7 Å². The van der Waals surface area contributed by atoms with Crippen molar-refractivity contribution in [2.45, 2.75) is 39.0 Å². The van der Waals surface area contributed by atoms with Crippen LogP contribution >= 0.6 is 0 Å². The molecule has 2 aromatic rings. The number of ether oxygens (including phenoxy) is 1. The smallest absolute Gasteiger partial charge is 0.308 e. The first kappa shape index (κ1) is 22.6. The van der Waals surface area contributed by atoms with Crippen molar-refractivity contribution in [1.82, 2.24) is 0 Å². The van der Waals surface area contributed by atoms with E-state index in [1.54, 1.807) is 36.4 Å². The van der Waals surface area contributed by atoms with Gasteiger partial charge in [0.15, 0.2) is 0 Å². The highest BCUT2D eigenvalue weighted by atomic mass is 16.5. The Morgan fingerprint density at radius 2 is 1.20 bits per heavy atom. The number of benzene rings is 2. The number of carboxylic acids is 3. The minimum absolute atomic E-state index is 0.238. The molecule has 0 aliphatic heterocycles. The van der Waals surface area contributed by atoms with E-state index >= 15 is 0 Å². The Hall–Kier alpha value is -3.68. The van der Waals surface area contributed by atoms with Crippen LogP contribution in [-0.2, 0) is 51.3 Å². The molecule has 2 aromatic carbocycles. The van der Waals surface area contributed by atoms with Gasteiger partial charge >= 0.3 is 23.9 Å². The Labute approximate surface area is 172 Å². The highest BCUT2D eigenvalue weighted by Gasteiger charge is 2.18. The van der Waals surface area contributed by atoms with Crippen molar-refractivity contribution >= 4 is 23.9 Å². The summed E-state index contributed by atoms with van der Waals surface area (Å²) in [6.45, 7) is 1.31.